The first kappa shape index (κ1) is 17.3. The van der Waals surface area contributed by atoms with E-state index in [2.05, 4.69) is 25.8 Å². The molecule has 1 aliphatic heterocycles. The molecule has 0 radical (unpaired) electrons. The molecule has 0 aliphatic carbocycles. The molecule has 1 aliphatic rings. The van der Waals surface area contributed by atoms with Gasteiger partial charge in [0.15, 0.2) is 11.3 Å². The van der Waals surface area contributed by atoms with Gasteiger partial charge < -0.3 is 15.7 Å². The second-order valence-electron chi connectivity index (χ2n) is 6.22. The van der Waals surface area contributed by atoms with E-state index in [0.29, 0.717) is 18.7 Å². The fourth-order valence-electron chi connectivity index (χ4n) is 2.85. The Morgan fingerprint density at radius 3 is 2.52 bits per heavy atom. The Kier molecular flexibility index (Phi) is 3.99. The van der Waals surface area contributed by atoms with Gasteiger partial charge in [-0.15, -0.1) is 0 Å². The zero-order chi connectivity index (χ0) is 19.2. The molecular weight excluding hydrogens is 363 g/mol. The summed E-state index contributed by atoms with van der Waals surface area (Å²) in [7, 11) is 0. The number of hydrogen-bond donors (Lipinski definition) is 4. The van der Waals surface area contributed by atoms with Crippen molar-refractivity contribution >= 4 is 16.9 Å². The predicted octanol–water partition coefficient (Wildman–Crippen LogP) is 2.05. The summed E-state index contributed by atoms with van der Waals surface area (Å²) in [6.07, 6.45) is -4.73. The highest BCUT2D eigenvalue weighted by atomic mass is 19.4. The first-order valence-corrected chi connectivity index (χ1v) is 8.10. The highest BCUT2D eigenvalue weighted by molar-refractivity contribution is 6.07. The molecule has 2 aromatic heterocycles. The van der Waals surface area contributed by atoms with Crippen molar-refractivity contribution in [1.82, 2.24) is 25.8 Å². The minimum atomic E-state index is -4.73. The molecule has 1 aromatic carbocycles. The van der Waals surface area contributed by atoms with Crippen molar-refractivity contribution < 1.29 is 23.1 Å². The molecule has 0 unspecified atom stereocenters. The quantitative estimate of drug-likeness (QED) is 0.560. The molecule has 27 heavy (non-hydrogen) atoms. The Bertz CT molecular complexity index is 1010. The average molecular weight is 377 g/mol. The van der Waals surface area contributed by atoms with Gasteiger partial charge in [0.1, 0.15) is 5.75 Å². The molecule has 4 N–H and O–H groups in total. The fourth-order valence-corrected chi connectivity index (χ4v) is 2.85. The van der Waals surface area contributed by atoms with Gasteiger partial charge in [-0.3, -0.25) is 9.89 Å². The number of nitrogens with zero attached hydrogens (tertiary/aromatic N) is 2. The fraction of sp³-hybridized carbons (Fsp3) is 0.235. The van der Waals surface area contributed by atoms with E-state index in [4.69, 9.17) is 0 Å². The number of halogens is 3. The summed E-state index contributed by atoms with van der Waals surface area (Å²) in [5.41, 5.74) is -0.644. The van der Waals surface area contributed by atoms with Crippen molar-refractivity contribution in [3.63, 3.8) is 0 Å². The van der Waals surface area contributed by atoms with E-state index in [9.17, 15) is 23.1 Å². The number of rotatable bonds is 3. The van der Waals surface area contributed by atoms with Gasteiger partial charge in [0.25, 0.3) is 5.91 Å². The van der Waals surface area contributed by atoms with Crippen molar-refractivity contribution in [2.75, 3.05) is 13.1 Å². The van der Waals surface area contributed by atoms with E-state index in [1.54, 1.807) is 12.1 Å². The molecule has 3 heterocycles. The summed E-state index contributed by atoms with van der Waals surface area (Å²) in [5, 5.41) is 20.3. The lowest BCUT2D eigenvalue weighted by Crippen LogP contribution is -2.56. The van der Waals surface area contributed by atoms with Crippen molar-refractivity contribution in [2.45, 2.75) is 12.2 Å². The maximum Gasteiger partial charge on any atom is 0.435 e. The number of amides is 1. The number of carbonyl (C=O) groups is 1. The number of alkyl halides is 3. The monoisotopic (exact) mass is 377 g/mol. The van der Waals surface area contributed by atoms with Crippen LogP contribution in [0.2, 0.25) is 0 Å². The Balaban J connectivity index is 1.87. The Hall–Kier alpha value is -3.14. The Morgan fingerprint density at radius 2 is 1.93 bits per heavy atom. The van der Waals surface area contributed by atoms with Crippen molar-refractivity contribution in [2.24, 2.45) is 0 Å². The lowest BCUT2D eigenvalue weighted by atomic mass is 10.0. The molecule has 1 fully saturated rings. The van der Waals surface area contributed by atoms with Gasteiger partial charge in [-0.1, -0.05) is 0 Å². The first-order valence-electron chi connectivity index (χ1n) is 8.10. The number of aromatic hydroxyl groups is 1. The molecule has 1 saturated heterocycles. The van der Waals surface area contributed by atoms with Gasteiger partial charge in [-0.05, 0) is 30.3 Å². The van der Waals surface area contributed by atoms with Gasteiger partial charge in [-0.25, -0.2) is 4.98 Å². The molecule has 3 aromatic rings. The van der Waals surface area contributed by atoms with Crippen LogP contribution in [-0.4, -0.2) is 45.3 Å². The van der Waals surface area contributed by atoms with Gasteiger partial charge in [-0.2, -0.15) is 18.3 Å². The molecule has 0 bridgehead atoms. The van der Waals surface area contributed by atoms with Crippen LogP contribution < -0.4 is 10.6 Å². The van der Waals surface area contributed by atoms with Crippen LogP contribution in [0.5, 0.6) is 5.75 Å². The Morgan fingerprint density at radius 1 is 1.22 bits per heavy atom. The number of phenolic OH excluding ortho intramolecular Hbond substituents is 1. The summed E-state index contributed by atoms with van der Waals surface area (Å²) in [4.78, 5) is 16.8. The van der Waals surface area contributed by atoms with Crippen LogP contribution in [0.25, 0.3) is 22.3 Å². The third-order valence-electron chi connectivity index (χ3n) is 4.32. The van der Waals surface area contributed by atoms with Crippen molar-refractivity contribution in [3.8, 4) is 17.0 Å². The van der Waals surface area contributed by atoms with Crippen molar-refractivity contribution in [3.05, 3.63) is 41.6 Å². The maximum absolute atomic E-state index is 13.3. The number of pyridine rings is 1. The van der Waals surface area contributed by atoms with Crippen LogP contribution in [0.4, 0.5) is 13.2 Å². The van der Waals surface area contributed by atoms with Gasteiger partial charge >= 0.3 is 6.18 Å². The number of carbonyl (C=O) groups excluding carboxylic acids is 1. The smallest absolute Gasteiger partial charge is 0.435 e. The second-order valence-corrected chi connectivity index (χ2v) is 6.22. The van der Waals surface area contributed by atoms with Crippen LogP contribution in [0, 0.1) is 0 Å². The van der Waals surface area contributed by atoms with Crippen LogP contribution >= 0.6 is 0 Å². The van der Waals surface area contributed by atoms with Crippen LogP contribution in [0.3, 0.4) is 0 Å². The molecule has 0 atom stereocenters. The third-order valence-corrected chi connectivity index (χ3v) is 4.32. The average Bonchev–Trinajstić information content (AvgIpc) is 3.02. The number of fused-ring (bicyclic) bond motifs is 1. The third kappa shape index (κ3) is 3.19. The van der Waals surface area contributed by atoms with E-state index < -0.39 is 17.8 Å². The van der Waals surface area contributed by atoms with Crippen LogP contribution in [0.1, 0.15) is 16.1 Å². The number of aromatic amines is 1. The molecule has 10 heteroatoms. The number of phenols is 1. The highest BCUT2D eigenvalue weighted by Crippen LogP contribution is 2.35. The lowest BCUT2D eigenvalue weighted by molar-refractivity contribution is -0.139. The highest BCUT2D eigenvalue weighted by Gasteiger charge is 2.38. The largest absolute Gasteiger partial charge is 0.508 e. The lowest BCUT2D eigenvalue weighted by Gasteiger charge is -2.28. The number of H-pyrrole nitrogens is 1. The number of nitrogens with one attached hydrogen (secondary N) is 3. The zero-order valence-corrected chi connectivity index (χ0v) is 13.8. The summed E-state index contributed by atoms with van der Waals surface area (Å²) in [6, 6.07) is 7.13. The SMILES string of the molecule is O=C(NC1CNC1)c1cc(-c2ccc(O)cc2)nc2[nH]nc(C(F)(F)F)c12. The number of hydrogen-bond acceptors (Lipinski definition) is 5. The minimum Gasteiger partial charge on any atom is -0.508 e. The van der Waals surface area contributed by atoms with E-state index in [1.165, 1.54) is 18.2 Å². The molecule has 0 spiro atoms. The number of benzene rings is 1. The number of aromatic nitrogens is 3. The van der Waals surface area contributed by atoms with E-state index in [0.717, 1.165) is 0 Å². The molecular formula is C17H14F3N5O2. The van der Waals surface area contributed by atoms with E-state index in [1.807, 2.05) is 0 Å². The second kappa shape index (κ2) is 6.23. The molecule has 1 amide bonds. The maximum atomic E-state index is 13.3. The standard InChI is InChI=1S/C17H14F3N5O2/c18-17(19,20)14-13-11(16(27)22-9-6-21-7-9)5-12(23-15(13)25-24-14)8-1-3-10(26)4-2-8/h1-5,9,21,26H,6-7H2,(H,22,27)(H,23,24,25). The summed E-state index contributed by atoms with van der Waals surface area (Å²) < 4.78 is 40.0. The normalized spacial score (nSPS) is 14.9. The molecule has 7 nitrogen and oxygen atoms in total. The first-order chi connectivity index (χ1) is 12.8. The van der Waals surface area contributed by atoms with Crippen molar-refractivity contribution in [1.29, 1.82) is 0 Å². The summed E-state index contributed by atoms with van der Waals surface area (Å²) >= 11 is 0. The zero-order valence-electron chi connectivity index (χ0n) is 13.8. The predicted molar refractivity (Wildman–Crippen MR) is 90.1 cm³/mol. The summed E-state index contributed by atoms with van der Waals surface area (Å²) in [5.74, 6) is -0.586. The van der Waals surface area contributed by atoms with Gasteiger partial charge in [0, 0.05) is 18.7 Å². The topological polar surface area (TPSA) is 103 Å². The van der Waals surface area contributed by atoms with Crippen LogP contribution in [0.15, 0.2) is 30.3 Å². The van der Waals surface area contributed by atoms with Gasteiger partial charge in [0.05, 0.1) is 22.7 Å². The van der Waals surface area contributed by atoms with Gasteiger partial charge in [0.2, 0.25) is 0 Å². The molecule has 4 rings (SSSR count). The molecule has 0 saturated carbocycles. The minimum absolute atomic E-state index is 0.0381. The molecule has 140 valence electrons. The summed E-state index contributed by atoms with van der Waals surface area (Å²) in [6.45, 7) is 1.12. The van der Waals surface area contributed by atoms with E-state index >= 15 is 0 Å². The van der Waals surface area contributed by atoms with E-state index in [-0.39, 0.29) is 34.1 Å². The Labute approximate surface area is 150 Å². The van der Waals surface area contributed by atoms with Crippen LogP contribution in [-0.2, 0) is 6.18 Å².